The number of carbonyl (C=O) groups excluding carboxylic acids is 1. The number of rotatable bonds is 7. The van der Waals surface area contributed by atoms with Crippen LogP contribution in [0.25, 0.3) is 0 Å². The Morgan fingerprint density at radius 3 is 2.65 bits per heavy atom. The molecule has 0 unspecified atom stereocenters. The number of pyridine rings is 1. The van der Waals surface area contributed by atoms with Crippen molar-refractivity contribution in [2.75, 3.05) is 4.90 Å². The molecule has 1 amide bonds. The van der Waals surface area contributed by atoms with Crippen LogP contribution in [0.5, 0.6) is 0 Å². The fourth-order valence-corrected chi connectivity index (χ4v) is 2.71. The van der Waals surface area contributed by atoms with Crippen LogP contribution in [-0.4, -0.2) is 16.9 Å². The zero-order valence-corrected chi connectivity index (χ0v) is 15.1. The minimum atomic E-state index is -0.145. The quantitative estimate of drug-likeness (QED) is 0.700. The van der Waals surface area contributed by atoms with E-state index in [-0.39, 0.29) is 11.9 Å². The second kappa shape index (κ2) is 8.34. The first-order valence-electron chi connectivity index (χ1n) is 8.70. The van der Waals surface area contributed by atoms with Gasteiger partial charge < -0.3 is 14.6 Å². The Labute approximate surface area is 153 Å². The molecule has 2 aromatic heterocycles. The predicted octanol–water partition coefficient (Wildman–Crippen LogP) is 4.02. The summed E-state index contributed by atoms with van der Waals surface area (Å²) in [7, 11) is 0. The van der Waals surface area contributed by atoms with Crippen LogP contribution in [0.3, 0.4) is 0 Å². The van der Waals surface area contributed by atoms with Crippen molar-refractivity contribution in [3.63, 3.8) is 0 Å². The van der Waals surface area contributed by atoms with Crippen LogP contribution >= 0.6 is 0 Å². The van der Waals surface area contributed by atoms with E-state index in [0.29, 0.717) is 12.1 Å². The lowest BCUT2D eigenvalue weighted by atomic mass is 10.1. The number of hydrogen-bond acceptors (Lipinski definition) is 4. The van der Waals surface area contributed by atoms with Crippen molar-refractivity contribution in [2.24, 2.45) is 0 Å². The third kappa shape index (κ3) is 4.51. The lowest BCUT2D eigenvalue weighted by Gasteiger charge is -2.28. The van der Waals surface area contributed by atoms with Gasteiger partial charge in [0.15, 0.2) is 0 Å². The van der Waals surface area contributed by atoms with Gasteiger partial charge in [-0.3, -0.25) is 4.79 Å². The summed E-state index contributed by atoms with van der Waals surface area (Å²) in [5.41, 5.74) is 1.79. The van der Waals surface area contributed by atoms with E-state index in [2.05, 4.69) is 41.2 Å². The summed E-state index contributed by atoms with van der Waals surface area (Å²) >= 11 is 0. The number of hydrogen-bond donors (Lipinski definition) is 1. The van der Waals surface area contributed by atoms with Crippen molar-refractivity contribution in [1.82, 2.24) is 10.3 Å². The minimum absolute atomic E-state index is 0.145. The van der Waals surface area contributed by atoms with Gasteiger partial charge in [-0.25, -0.2) is 4.98 Å². The Balaban J connectivity index is 1.74. The van der Waals surface area contributed by atoms with Crippen molar-refractivity contribution in [3.8, 4) is 0 Å². The topological polar surface area (TPSA) is 58.4 Å². The predicted molar refractivity (Wildman–Crippen MR) is 102 cm³/mol. The Morgan fingerprint density at radius 1 is 1.15 bits per heavy atom. The average molecular weight is 349 g/mol. The highest BCUT2D eigenvalue weighted by molar-refractivity contribution is 5.94. The Morgan fingerprint density at radius 2 is 1.96 bits per heavy atom. The van der Waals surface area contributed by atoms with Gasteiger partial charge in [-0.1, -0.05) is 30.3 Å². The number of aromatic nitrogens is 1. The molecule has 0 fully saturated rings. The van der Waals surface area contributed by atoms with E-state index in [1.54, 1.807) is 24.6 Å². The molecule has 0 bridgehead atoms. The van der Waals surface area contributed by atoms with Crippen LogP contribution in [0, 0.1) is 0 Å². The molecule has 5 nitrogen and oxygen atoms in total. The number of nitrogens with one attached hydrogen (secondary N) is 1. The zero-order valence-electron chi connectivity index (χ0n) is 15.1. The number of amides is 1. The molecule has 0 atom stereocenters. The van der Waals surface area contributed by atoms with Crippen molar-refractivity contribution < 1.29 is 9.21 Å². The first kappa shape index (κ1) is 17.7. The molecule has 3 aromatic rings. The highest BCUT2D eigenvalue weighted by atomic mass is 16.3. The summed E-state index contributed by atoms with van der Waals surface area (Å²) < 4.78 is 5.24. The minimum Gasteiger partial charge on any atom is -0.467 e. The fraction of sp³-hybridized carbons (Fsp3) is 0.238. The number of carbonyl (C=O) groups is 1. The number of nitrogens with zero attached hydrogens (tertiary/aromatic N) is 2. The molecule has 0 aliphatic carbocycles. The van der Waals surface area contributed by atoms with E-state index >= 15 is 0 Å². The number of furan rings is 1. The van der Waals surface area contributed by atoms with Crippen LogP contribution in [0.4, 0.5) is 5.82 Å². The second-order valence-electron chi connectivity index (χ2n) is 6.37. The molecule has 0 aliphatic heterocycles. The summed E-state index contributed by atoms with van der Waals surface area (Å²) in [6.45, 7) is 5.34. The third-order valence-electron chi connectivity index (χ3n) is 4.12. The molecule has 1 aromatic carbocycles. The maximum Gasteiger partial charge on any atom is 0.251 e. The maximum absolute atomic E-state index is 12.4. The highest BCUT2D eigenvalue weighted by Gasteiger charge is 2.15. The van der Waals surface area contributed by atoms with E-state index in [0.717, 1.165) is 18.1 Å². The largest absolute Gasteiger partial charge is 0.467 e. The van der Waals surface area contributed by atoms with Crippen molar-refractivity contribution in [2.45, 2.75) is 33.0 Å². The maximum atomic E-state index is 12.4. The molecule has 0 saturated heterocycles. The van der Waals surface area contributed by atoms with Gasteiger partial charge in [-0.2, -0.15) is 0 Å². The fourth-order valence-electron chi connectivity index (χ4n) is 2.71. The number of benzene rings is 1. The van der Waals surface area contributed by atoms with Gasteiger partial charge >= 0.3 is 0 Å². The monoisotopic (exact) mass is 349 g/mol. The van der Waals surface area contributed by atoms with Crippen LogP contribution in [0.2, 0.25) is 0 Å². The summed E-state index contributed by atoms with van der Waals surface area (Å²) in [6.07, 6.45) is 3.27. The highest BCUT2D eigenvalue weighted by Crippen LogP contribution is 2.19. The van der Waals surface area contributed by atoms with Crippen molar-refractivity contribution in [1.29, 1.82) is 0 Å². The van der Waals surface area contributed by atoms with Crippen molar-refractivity contribution in [3.05, 3.63) is 83.9 Å². The van der Waals surface area contributed by atoms with E-state index in [1.807, 2.05) is 30.3 Å². The molecule has 26 heavy (non-hydrogen) atoms. The SMILES string of the molecule is CC(C)N(Cc1ccccc1)c1cc(C(=O)NCc2ccco2)ccn1. The molecule has 1 N–H and O–H groups in total. The van der Waals surface area contributed by atoms with Gasteiger partial charge in [-0.05, 0) is 43.7 Å². The smallest absolute Gasteiger partial charge is 0.251 e. The zero-order chi connectivity index (χ0) is 18.4. The average Bonchev–Trinajstić information content (AvgIpc) is 3.18. The van der Waals surface area contributed by atoms with Gasteiger partial charge in [0.1, 0.15) is 11.6 Å². The van der Waals surface area contributed by atoms with E-state index < -0.39 is 0 Å². The van der Waals surface area contributed by atoms with Crippen LogP contribution in [0.15, 0.2) is 71.5 Å². The molecule has 0 radical (unpaired) electrons. The Bertz CT molecular complexity index is 829. The molecular weight excluding hydrogens is 326 g/mol. The van der Waals surface area contributed by atoms with E-state index in [9.17, 15) is 4.79 Å². The van der Waals surface area contributed by atoms with E-state index in [1.165, 1.54) is 5.56 Å². The van der Waals surface area contributed by atoms with Gasteiger partial charge in [0, 0.05) is 24.3 Å². The third-order valence-corrected chi connectivity index (χ3v) is 4.12. The summed E-state index contributed by atoms with van der Waals surface area (Å²) in [5, 5.41) is 2.87. The van der Waals surface area contributed by atoms with Gasteiger partial charge in [0.25, 0.3) is 5.91 Å². The molecule has 0 saturated carbocycles. The van der Waals surface area contributed by atoms with Crippen LogP contribution in [-0.2, 0) is 13.1 Å². The van der Waals surface area contributed by atoms with Crippen LogP contribution < -0.4 is 10.2 Å². The first-order valence-corrected chi connectivity index (χ1v) is 8.70. The molecule has 2 heterocycles. The number of anilines is 1. The lowest BCUT2D eigenvalue weighted by Crippen LogP contribution is -2.31. The van der Waals surface area contributed by atoms with Crippen molar-refractivity contribution >= 4 is 11.7 Å². The van der Waals surface area contributed by atoms with E-state index in [4.69, 9.17) is 4.42 Å². The van der Waals surface area contributed by atoms with Crippen LogP contribution in [0.1, 0.15) is 35.5 Å². The summed E-state index contributed by atoms with van der Waals surface area (Å²) in [6, 6.07) is 17.7. The Kier molecular flexibility index (Phi) is 5.69. The second-order valence-corrected chi connectivity index (χ2v) is 6.37. The Hall–Kier alpha value is -3.08. The molecule has 3 rings (SSSR count). The molecule has 0 spiro atoms. The molecule has 134 valence electrons. The summed E-state index contributed by atoms with van der Waals surface area (Å²) in [5.74, 6) is 1.36. The molecule has 0 aliphatic rings. The normalized spacial score (nSPS) is 10.7. The van der Waals surface area contributed by atoms with Gasteiger partial charge in [0.2, 0.25) is 0 Å². The molecule has 5 heteroatoms. The summed E-state index contributed by atoms with van der Waals surface area (Å²) in [4.78, 5) is 19.1. The van der Waals surface area contributed by atoms with Gasteiger partial charge in [0.05, 0.1) is 12.8 Å². The molecular formula is C21H23N3O2. The van der Waals surface area contributed by atoms with Gasteiger partial charge in [-0.15, -0.1) is 0 Å². The standard InChI is InChI=1S/C21H23N3O2/c1-16(2)24(15-17-7-4-3-5-8-17)20-13-18(10-11-22-20)21(25)23-14-19-9-6-12-26-19/h3-13,16H,14-15H2,1-2H3,(H,23,25). The first-order chi connectivity index (χ1) is 12.6. The lowest BCUT2D eigenvalue weighted by molar-refractivity contribution is 0.0948.